The Balaban J connectivity index is 2.56. The third-order valence-electron chi connectivity index (χ3n) is 2.12. The molecule has 1 atom stereocenters. The van der Waals surface area contributed by atoms with Gasteiger partial charge in [-0.25, -0.2) is 4.98 Å². The van der Waals surface area contributed by atoms with Crippen LogP contribution in [0, 0.1) is 0 Å². The molecule has 1 aromatic heterocycles. The number of rotatable bonds is 2. The fourth-order valence-corrected chi connectivity index (χ4v) is 1.43. The van der Waals surface area contributed by atoms with Gasteiger partial charge in [-0.05, 0) is 19.1 Å². The summed E-state index contributed by atoms with van der Waals surface area (Å²) in [6, 6.07) is 5.13. The second kappa shape index (κ2) is 3.55. The van der Waals surface area contributed by atoms with Gasteiger partial charge in [-0.15, -0.1) is 0 Å². The molecule has 15 heavy (non-hydrogen) atoms. The molecule has 0 aliphatic rings. The summed E-state index contributed by atoms with van der Waals surface area (Å²) in [5.74, 6) is -1.57. The number of carboxylic acids is 1. The molecule has 0 fully saturated rings. The number of carbonyl (C=O) groups is 1. The SMILES string of the molecule is CC(C(=O)O)c1nc2cccc(Cl)c2o1. The molecule has 5 heteroatoms. The predicted octanol–water partition coefficient (Wildman–Crippen LogP) is 2.67. The van der Waals surface area contributed by atoms with Crippen LogP contribution in [0.5, 0.6) is 0 Å². The molecule has 0 saturated carbocycles. The average Bonchev–Trinajstić information content (AvgIpc) is 2.61. The van der Waals surface area contributed by atoms with E-state index in [1.165, 1.54) is 6.92 Å². The van der Waals surface area contributed by atoms with Gasteiger partial charge in [0.2, 0.25) is 5.89 Å². The number of oxazole rings is 1. The van der Waals surface area contributed by atoms with E-state index in [2.05, 4.69) is 4.98 Å². The maximum atomic E-state index is 10.7. The van der Waals surface area contributed by atoms with Crippen molar-refractivity contribution >= 4 is 28.7 Å². The summed E-state index contributed by atoms with van der Waals surface area (Å²) >= 11 is 5.87. The smallest absolute Gasteiger partial charge is 0.315 e. The lowest BCUT2D eigenvalue weighted by atomic mass is 10.2. The fourth-order valence-electron chi connectivity index (χ4n) is 1.22. The van der Waals surface area contributed by atoms with Crippen LogP contribution in [0.3, 0.4) is 0 Å². The molecule has 0 saturated heterocycles. The van der Waals surface area contributed by atoms with Gasteiger partial charge in [0, 0.05) is 0 Å². The Morgan fingerprint density at radius 1 is 1.60 bits per heavy atom. The Hall–Kier alpha value is -1.55. The zero-order valence-electron chi connectivity index (χ0n) is 7.90. The number of para-hydroxylation sites is 1. The van der Waals surface area contributed by atoms with Crippen LogP contribution in [0.15, 0.2) is 22.6 Å². The van der Waals surface area contributed by atoms with E-state index in [1.54, 1.807) is 18.2 Å². The van der Waals surface area contributed by atoms with Crippen molar-refractivity contribution in [2.75, 3.05) is 0 Å². The van der Waals surface area contributed by atoms with Crippen LogP contribution in [-0.2, 0) is 4.79 Å². The normalized spacial score (nSPS) is 12.9. The van der Waals surface area contributed by atoms with Crippen LogP contribution in [-0.4, -0.2) is 16.1 Å². The number of hydrogen-bond acceptors (Lipinski definition) is 3. The molecule has 0 spiro atoms. The maximum Gasteiger partial charge on any atom is 0.315 e. The number of hydrogen-bond donors (Lipinski definition) is 1. The molecule has 2 aromatic rings. The van der Waals surface area contributed by atoms with E-state index >= 15 is 0 Å². The molecule has 1 unspecified atom stereocenters. The van der Waals surface area contributed by atoms with Crippen molar-refractivity contribution < 1.29 is 14.3 Å². The minimum absolute atomic E-state index is 0.172. The van der Waals surface area contributed by atoms with Crippen molar-refractivity contribution in [3.05, 3.63) is 29.1 Å². The largest absolute Gasteiger partial charge is 0.481 e. The fraction of sp³-hybridized carbons (Fsp3) is 0.200. The summed E-state index contributed by atoms with van der Waals surface area (Å²) in [6.07, 6.45) is 0. The van der Waals surface area contributed by atoms with Gasteiger partial charge in [0.05, 0.1) is 5.02 Å². The zero-order valence-corrected chi connectivity index (χ0v) is 8.65. The van der Waals surface area contributed by atoms with Gasteiger partial charge in [-0.3, -0.25) is 4.79 Å². The van der Waals surface area contributed by atoms with Crippen molar-refractivity contribution in [1.82, 2.24) is 4.98 Å². The first-order valence-corrected chi connectivity index (χ1v) is 4.75. The molecule has 1 N–H and O–H groups in total. The van der Waals surface area contributed by atoms with Gasteiger partial charge in [0.1, 0.15) is 11.4 Å². The first-order valence-electron chi connectivity index (χ1n) is 4.37. The van der Waals surface area contributed by atoms with Crippen molar-refractivity contribution in [3.8, 4) is 0 Å². The second-order valence-corrected chi connectivity index (χ2v) is 3.61. The van der Waals surface area contributed by atoms with Crippen LogP contribution >= 0.6 is 11.6 Å². The lowest BCUT2D eigenvalue weighted by Gasteiger charge is -1.97. The van der Waals surface area contributed by atoms with Gasteiger partial charge in [-0.2, -0.15) is 0 Å². The van der Waals surface area contributed by atoms with Gasteiger partial charge < -0.3 is 9.52 Å². The highest BCUT2D eigenvalue weighted by Crippen LogP contribution is 2.27. The van der Waals surface area contributed by atoms with Gasteiger partial charge >= 0.3 is 5.97 Å². The minimum Gasteiger partial charge on any atom is -0.481 e. The van der Waals surface area contributed by atoms with Crippen molar-refractivity contribution in [2.24, 2.45) is 0 Å². The van der Waals surface area contributed by atoms with Gasteiger partial charge in [0.25, 0.3) is 0 Å². The number of fused-ring (bicyclic) bond motifs is 1. The van der Waals surface area contributed by atoms with E-state index in [0.29, 0.717) is 16.1 Å². The molecule has 4 nitrogen and oxygen atoms in total. The molecule has 78 valence electrons. The summed E-state index contributed by atoms with van der Waals surface area (Å²) < 4.78 is 5.30. The van der Waals surface area contributed by atoms with E-state index in [4.69, 9.17) is 21.1 Å². The number of halogens is 1. The zero-order chi connectivity index (χ0) is 11.0. The van der Waals surface area contributed by atoms with E-state index in [0.717, 1.165) is 0 Å². The first-order chi connectivity index (χ1) is 7.09. The summed E-state index contributed by atoms with van der Waals surface area (Å²) in [5, 5.41) is 9.23. The molecule has 0 bridgehead atoms. The van der Waals surface area contributed by atoms with E-state index in [9.17, 15) is 4.79 Å². The van der Waals surface area contributed by atoms with Crippen LogP contribution in [0.1, 0.15) is 18.7 Å². The van der Waals surface area contributed by atoms with Crippen LogP contribution in [0.25, 0.3) is 11.1 Å². The van der Waals surface area contributed by atoms with Gasteiger partial charge in [0.15, 0.2) is 5.58 Å². The molecular weight excluding hydrogens is 218 g/mol. The Morgan fingerprint density at radius 2 is 2.33 bits per heavy atom. The van der Waals surface area contributed by atoms with Crippen LogP contribution < -0.4 is 0 Å². The summed E-state index contributed by atoms with van der Waals surface area (Å²) in [7, 11) is 0. The molecule has 0 aliphatic carbocycles. The van der Waals surface area contributed by atoms with Crippen molar-refractivity contribution in [3.63, 3.8) is 0 Å². The topological polar surface area (TPSA) is 63.3 Å². The summed E-state index contributed by atoms with van der Waals surface area (Å²) in [6.45, 7) is 1.51. The predicted molar refractivity (Wildman–Crippen MR) is 55.1 cm³/mol. The summed E-state index contributed by atoms with van der Waals surface area (Å²) in [4.78, 5) is 14.8. The average molecular weight is 226 g/mol. The number of carboxylic acid groups (broad SMARTS) is 1. The molecule has 1 aromatic carbocycles. The highest BCUT2D eigenvalue weighted by atomic mass is 35.5. The van der Waals surface area contributed by atoms with E-state index in [-0.39, 0.29) is 5.89 Å². The molecule has 0 aliphatic heterocycles. The number of aromatic nitrogens is 1. The van der Waals surface area contributed by atoms with Crippen LogP contribution in [0.4, 0.5) is 0 Å². The molecule has 0 radical (unpaired) electrons. The first kappa shape index (κ1) is 9.98. The quantitative estimate of drug-likeness (QED) is 0.854. The second-order valence-electron chi connectivity index (χ2n) is 3.20. The van der Waals surface area contributed by atoms with Crippen LogP contribution in [0.2, 0.25) is 5.02 Å². The van der Waals surface area contributed by atoms with Crippen molar-refractivity contribution in [2.45, 2.75) is 12.8 Å². The Labute approximate surface area is 90.5 Å². The monoisotopic (exact) mass is 225 g/mol. The molecule has 0 amide bonds. The maximum absolute atomic E-state index is 10.7. The lowest BCUT2D eigenvalue weighted by molar-refractivity contribution is -0.138. The van der Waals surface area contributed by atoms with E-state index < -0.39 is 11.9 Å². The highest BCUT2D eigenvalue weighted by molar-refractivity contribution is 6.34. The Kier molecular flexibility index (Phi) is 2.36. The highest BCUT2D eigenvalue weighted by Gasteiger charge is 2.20. The lowest BCUT2D eigenvalue weighted by Crippen LogP contribution is -2.07. The number of nitrogens with zero attached hydrogens (tertiary/aromatic N) is 1. The third-order valence-corrected chi connectivity index (χ3v) is 2.42. The summed E-state index contributed by atoms with van der Waals surface area (Å²) in [5.41, 5.74) is 1.01. The third kappa shape index (κ3) is 1.68. The van der Waals surface area contributed by atoms with Crippen molar-refractivity contribution in [1.29, 1.82) is 0 Å². The minimum atomic E-state index is -0.974. The number of benzene rings is 1. The molecular formula is C10H8ClNO3. The number of aliphatic carboxylic acids is 1. The van der Waals surface area contributed by atoms with Gasteiger partial charge in [-0.1, -0.05) is 17.7 Å². The standard InChI is InChI=1S/C10H8ClNO3/c1-5(10(13)14)9-12-7-4-2-3-6(11)8(7)15-9/h2-5H,1H3,(H,13,14). The van der Waals surface area contributed by atoms with E-state index in [1.807, 2.05) is 0 Å². The molecule has 1 heterocycles. The Morgan fingerprint density at radius 3 is 2.93 bits per heavy atom. The Bertz CT molecular complexity index is 520. The molecule has 2 rings (SSSR count).